The van der Waals surface area contributed by atoms with E-state index in [9.17, 15) is 4.79 Å². The predicted octanol–water partition coefficient (Wildman–Crippen LogP) is 3.22. The van der Waals surface area contributed by atoms with E-state index in [0.717, 1.165) is 12.0 Å². The Morgan fingerprint density at radius 3 is 2.55 bits per heavy atom. The molecular formula is C19H21NO2. The number of nitrogens with one attached hydrogen (secondary N) is 1. The lowest BCUT2D eigenvalue weighted by atomic mass is 9.99. The van der Waals surface area contributed by atoms with Gasteiger partial charge in [-0.2, -0.15) is 0 Å². The molecular weight excluding hydrogens is 274 g/mol. The quantitative estimate of drug-likeness (QED) is 0.940. The number of carbonyl (C=O) groups is 1. The van der Waals surface area contributed by atoms with Crippen LogP contribution in [0.1, 0.15) is 35.6 Å². The summed E-state index contributed by atoms with van der Waals surface area (Å²) in [5.74, 6) is -0.117. The van der Waals surface area contributed by atoms with Gasteiger partial charge in [0.15, 0.2) is 0 Å². The van der Waals surface area contributed by atoms with Gasteiger partial charge in [-0.3, -0.25) is 4.79 Å². The highest BCUT2D eigenvalue weighted by Gasteiger charge is 2.34. The van der Waals surface area contributed by atoms with Gasteiger partial charge in [-0.05, 0) is 30.0 Å². The first kappa shape index (κ1) is 14.8. The fourth-order valence-electron chi connectivity index (χ4n) is 3.18. The molecule has 0 spiro atoms. The van der Waals surface area contributed by atoms with Crippen molar-refractivity contribution in [1.82, 2.24) is 5.32 Å². The summed E-state index contributed by atoms with van der Waals surface area (Å²) in [4.78, 5) is 12.5. The molecule has 114 valence electrons. The number of amides is 1. The van der Waals surface area contributed by atoms with Crippen molar-refractivity contribution in [1.29, 1.82) is 0 Å². The third-order valence-corrected chi connectivity index (χ3v) is 4.44. The molecule has 22 heavy (non-hydrogen) atoms. The van der Waals surface area contributed by atoms with E-state index < -0.39 is 0 Å². The Morgan fingerprint density at radius 2 is 1.82 bits per heavy atom. The Hall–Kier alpha value is -2.13. The van der Waals surface area contributed by atoms with E-state index in [1.165, 1.54) is 11.1 Å². The number of carbonyl (C=O) groups excluding carboxylic acids is 1. The van der Waals surface area contributed by atoms with Gasteiger partial charge in [0, 0.05) is 7.11 Å². The summed E-state index contributed by atoms with van der Waals surface area (Å²) < 4.78 is 5.62. The second kappa shape index (κ2) is 6.32. The minimum atomic E-state index is -0.164. The number of fused-ring (bicyclic) bond motifs is 1. The molecule has 0 bridgehead atoms. The molecule has 1 amide bonds. The molecule has 0 aromatic heterocycles. The number of hydrogen-bond donors (Lipinski definition) is 1. The number of benzene rings is 2. The molecule has 1 aliphatic carbocycles. The van der Waals surface area contributed by atoms with E-state index in [1.807, 2.05) is 49.4 Å². The van der Waals surface area contributed by atoms with Crippen molar-refractivity contribution in [3.05, 3.63) is 71.3 Å². The van der Waals surface area contributed by atoms with E-state index in [4.69, 9.17) is 4.74 Å². The largest absolute Gasteiger partial charge is 0.375 e. The van der Waals surface area contributed by atoms with Crippen LogP contribution in [0.25, 0.3) is 0 Å². The summed E-state index contributed by atoms with van der Waals surface area (Å²) >= 11 is 0. The fourth-order valence-corrected chi connectivity index (χ4v) is 3.18. The average molecular weight is 295 g/mol. The van der Waals surface area contributed by atoms with Crippen LogP contribution >= 0.6 is 0 Å². The SMILES string of the molecule is CO[C@@H]1c2ccccc2C[C@@H]1NC(=O)C(C)c1ccccc1. The summed E-state index contributed by atoms with van der Waals surface area (Å²) in [5, 5.41) is 3.16. The van der Waals surface area contributed by atoms with E-state index in [0.29, 0.717) is 0 Å². The molecule has 3 atom stereocenters. The van der Waals surface area contributed by atoms with Gasteiger partial charge in [0.25, 0.3) is 0 Å². The van der Waals surface area contributed by atoms with E-state index in [2.05, 4.69) is 17.4 Å². The zero-order chi connectivity index (χ0) is 15.5. The fraction of sp³-hybridized carbons (Fsp3) is 0.316. The Morgan fingerprint density at radius 1 is 1.14 bits per heavy atom. The summed E-state index contributed by atoms with van der Waals surface area (Å²) in [5.41, 5.74) is 3.47. The first-order chi connectivity index (χ1) is 10.7. The molecule has 0 heterocycles. The third-order valence-electron chi connectivity index (χ3n) is 4.44. The lowest BCUT2D eigenvalue weighted by molar-refractivity contribution is -0.123. The van der Waals surface area contributed by atoms with Gasteiger partial charge >= 0.3 is 0 Å². The topological polar surface area (TPSA) is 38.3 Å². The van der Waals surface area contributed by atoms with Gasteiger partial charge in [0.2, 0.25) is 5.91 Å². The van der Waals surface area contributed by atoms with Gasteiger partial charge in [-0.1, -0.05) is 54.6 Å². The summed E-state index contributed by atoms with van der Waals surface area (Å²) in [6.45, 7) is 1.94. The van der Waals surface area contributed by atoms with Crippen LogP contribution in [0, 0.1) is 0 Å². The standard InChI is InChI=1S/C19H21NO2/c1-13(14-8-4-3-5-9-14)19(21)20-17-12-15-10-6-7-11-16(15)18(17)22-2/h3-11,13,17-18H,12H2,1-2H3,(H,20,21)/t13?,17-,18+/m0/s1. The van der Waals surface area contributed by atoms with Gasteiger partial charge < -0.3 is 10.1 Å². The molecule has 0 saturated carbocycles. The van der Waals surface area contributed by atoms with Crippen molar-refractivity contribution in [2.75, 3.05) is 7.11 Å². The van der Waals surface area contributed by atoms with Crippen LogP contribution in [0.5, 0.6) is 0 Å². The molecule has 3 nitrogen and oxygen atoms in total. The maximum absolute atomic E-state index is 12.5. The number of hydrogen-bond acceptors (Lipinski definition) is 2. The smallest absolute Gasteiger partial charge is 0.227 e. The van der Waals surface area contributed by atoms with Crippen molar-refractivity contribution in [3.63, 3.8) is 0 Å². The monoisotopic (exact) mass is 295 g/mol. The normalized spacial score (nSPS) is 21.2. The number of ether oxygens (including phenoxy) is 1. The highest BCUT2D eigenvalue weighted by Crippen LogP contribution is 2.34. The zero-order valence-corrected chi connectivity index (χ0v) is 13.0. The van der Waals surface area contributed by atoms with Crippen molar-refractivity contribution >= 4 is 5.91 Å². The second-order valence-corrected chi connectivity index (χ2v) is 5.81. The van der Waals surface area contributed by atoms with Gasteiger partial charge in [-0.25, -0.2) is 0 Å². The first-order valence-corrected chi connectivity index (χ1v) is 7.66. The maximum atomic E-state index is 12.5. The summed E-state index contributed by atoms with van der Waals surface area (Å²) in [7, 11) is 1.70. The van der Waals surface area contributed by atoms with Crippen LogP contribution in [0.2, 0.25) is 0 Å². The van der Waals surface area contributed by atoms with E-state index in [-0.39, 0.29) is 24.0 Å². The Labute approximate surface area is 131 Å². The molecule has 0 saturated heterocycles. The molecule has 1 N–H and O–H groups in total. The molecule has 3 heteroatoms. The van der Waals surface area contributed by atoms with Crippen LogP contribution in [0.15, 0.2) is 54.6 Å². The van der Waals surface area contributed by atoms with Crippen LogP contribution < -0.4 is 5.32 Å². The molecule has 2 aromatic rings. The lowest BCUT2D eigenvalue weighted by Gasteiger charge is -2.22. The average Bonchev–Trinajstić information content (AvgIpc) is 2.91. The Bertz CT molecular complexity index is 653. The molecule has 0 fully saturated rings. The van der Waals surface area contributed by atoms with Crippen molar-refractivity contribution in [3.8, 4) is 0 Å². The van der Waals surface area contributed by atoms with Crippen molar-refractivity contribution in [2.24, 2.45) is 0 Å². The van der Waals surface area contributed by atoms with Crippen LogP contribution in [0.4, 0.5) is 0 Å². The van der Waals surface area contributed by atoms with E-state index >= 15 is 0 Å². The summed E-state index contributed by atoms with van der Waals surface area (Å²) in [6, 6.07) is 18.1. The first-order valence-electron chi connectivity index (χ1n) is 7.66. The molecule has 2 aromatic carbocycles. The lowest BCUT2D eigenvalue weighted by Crippen LogP contribution is -2.40. The third kappa shape index (κ3) is 2.77. The van der Waals surface area contributed by atoms with Crippen molar-refractivity contribution < 1.29 is 9.53 Å². The minimum absolute atomic E-state index is 0.000984. The predicted molar refractivity (Wildman–Crippen MR) is 86.7 cm³/mol. The number of methoxy groups -OCH3 is 1. The van der Waals surface area contributed by atoms with Crippen LogP contribution in [-0.2, 0) is 16.0 Å². The molecule has 0 aliphatic heterocycles. The van der Waals surface area contributed by atoms with Gasteiger partial charge in [0.1, 0.15) is 6.10 Å². The highest BCUT2D eigenvalue weighted by molar-refractivity contribution is 5.83. The zero-order valence-electron chi connectivity index (χ0n) is 13.0. The molecule has 3 rings (SSSR count). The minimum Gasteiger partial charge on any atom is -0.375 e. The second-order valence-electron chi connectivity index (χ2n) is 5.81. The number of rotatable bonds is 4. The van der Waals surface area contributed by atoms with Crippen molar-refractivity contribution in [2.45, 2.75) is 31.4 Å². The van der Waals surface area contributed by atoms with E-state index in [1.54, 1.807) is 7.11 Å². The maximum Gasteiger partial charge on any atom is 0.227 e. The summed E-state index contributed by atoms with van der Waals surface area (Å²) in [6.07, 6.45) is 0.755. The molecule has 1 unspecified atom stereocenters. The Kier molecular flexibility index (Phi) is 4.25. The van der Waals surface area contributed by atoms with Crippen LogP contribution in [0.3, 0.4) is 0 Å². The molecule has 1 aliphatic rings. The Balaban J connectivity index is 1.73. The van der Waals surface area contributed by atoms with Crippen LogP contribution in [-0.4, -0.2) is 19.1 Å². The molecule has 0 radical (unpaired) electrons. The highest BCUT2D eigenvalue weighted by atomic mass is 16.5. The van der Waals surface area contributed by atoms with Gasteiger partial charge in [0.05, 0.1) is 12.0 Å². The van der Waals surface area contributed by atoms with Gasteiger partial charge in [-0.15, -0.1) is 0 Å².